The Balaban J connectivity index is 1.54. The standard InChI is InChI=1S/C31H37FN4O2/c1-4-35(5-2)31(38)27-10-8-25(9-11-27)30(26-12-16-29(17-13-26)33-23(3)37)36-20-18-34(19-21-36)22-24-6-14-28(32)15-7-24/h6-17,30H,4-5,18-22H2,1-3H3,(H,33,37). The summed E-state index contributed by atoms with van der Waals surface area (Å²) in [4.78, 5) is 31.0. The average molecular weight is 517 g/mol. The predicted octanol–water partition coefficient (Wildman–Crippen LogP) is 5.17. The van der Waals surface area contributed by atoms with E-state index < -0.39 is 0 Å². The van der Waals surface area contributed by atoms with Gasteiger partial charge in [-0.3, -0.25) is 19.4 Å². The molecule has 1 atom stereocenters. The third-order valence-electron chi connectivity index (χ3n) is 7.16. The van der Waals surface area contributed by atoms with Gasteiger partial charge in [0.2, 0.25) is 5.91 Å². The summed E-state index contributed by atoms with van der Waals surface area (Å²) in [5.74, 6) is -0.261. The van der Waals surface area contributed by atoms with E-state index in [0.717, 1.165) is 55.1 Å². The maximum Gasteiger partial charge on any atom is 0.253 e. The van der Waals surface area contributed by atoms with Gasteiger partial charge in [0.05, 0.1) is 6.04 Å². The lowest BCUT2D eigenvalue weighted by atomic mass is 9.95. The van der Waals surface area contributed by atoms with Crippen molar-refractivity contribution >= 4 is 17.5 Å². The van der Waals surface area contributed by atoms with Gasteiger partial charge < -0.3 is 10.2 Å². The molecule has 1 aliphatic heterocycles. The molecule has 3 aromatic carbocycles. The number of nitrogens with one attached hydrogen (secondary N) is 1. The van der Waals surface area contributed by atoms with Crippen molar-refractivity contribution in [1.82, 2.24) is 14.7 Å². The first-order valence-corrected chi connectivity index (χ1v) is 13.4. The van der Waals surface area contributed by atoms with Gasteiger partial charge in [0.1, 0.15) is 5.82 Å². The normalized spacial score (nSPS) is 15.2. The topological polar surface area (TPSA) is 55.9 Å². The van der Waals surface area contributed by atoms with E-state index in [9.17, 15) is 14.0 Å². The molecule has 4 rings (SSSR count). The van der Waals surface area contributed by atoms with Crippen molar-refractivity contribution in [3.05, 3.63) is 101 Å². The third kappa shape index (κ3) is 6.85. The van der Waals surface area contributed by atoms with E-state index >= 15 is 0 Å². The fourth-order valence-corrected chi connectivity index (χ4v) is 5.10. The first kappa shape index (κ1) is 27.5. The van der Waals surface area contributed by atoms with Crippen LogP contribution >= 0.6 is 0 Å². The van der Waals surface area contributed by atoms with Crippen LogP contribution in [0.2, 0.25) is 0 Å². The zero-order valence-electron chi connectivity index (χ0n) is 22.5. The zero-order chi connectivity index (χ0) is 27.1. The third-order valence-corrected chi connectivity index (χ3v) is 7.16. The van der Waals surface area contributed by atoms with E-state index in [1.807, 2.05) is 55.1 Å². The van der Waals surface area contributed by atoms with Gasteiger partial charge in [0, 0.05) is 64.0 Å². The molecule has 0 saturated carbocycles. The fraction of sp³-hybridized carbons (Fsp3) is 0.355. The molecule has 0 spiro atoms. The van der Waals surface area contributed by atoms with E-state index in [4.69, 9.17) is 0 Å². The van der Waals surface area contributed by atoms with Gasteiger partial charge in [-0.2, -0.15) is 0 Å². The molecule has 7 heteroatoms. The monoisotopic (exact) mass is 516 g/mol. The second-order valence-electron chi connectivity index (χ2n) is 9.74. The lowest BCUT2D eigenvalue weighted by Crippen LogP contribution is -2.47. The van der Waals surface area contributed by atoms with Gasteiger partial charge in [0.25, 0.3) is 5.91 Å². The lowest BCUT2D eigenvalue weighted by Gasteiger charge is -2.40. The summed E-state index contributed by atoms with van der Waals surface area (Å²) in [7, 11) is 0. The van der Waals surface area contributed by atoms with Gasteiger partial charge in [0.15, 0.2) is 0 Å². The molecule has 3 aromatic rings. The van der Waals surface area contributed by atoms with Crippen molar-refractivity contribution < 1.29 is 14.0 Å². The van der Waals surface area contributed by atoms with E-state index in [1.165, 1.54) is 19.1 Å². The molecule has 0 bridgehead atoms. The first-order valence-electron chi connectivity index (χ1n) is 13.4. The molecule has 1 unspecified atom stereocenters. The number of anilines is 1. The van der Waals surface area contributed by atoms with Crippen molar-refractivity contribution in [3.8, 4) is 0 Å². The molecular weight excluding hydrogens is 479 g/mol. The van der Waals surface area contributed by atoms with Crippen LogP contribution in [0.15, 0.2) is 72.8 Å². The summed E-state index contributed by atoms with van der Waals surface area (Å²) in [5.41, 5.74) is 4.83. The summed E-state index contributed by atoms with van der Waals surface area (Å²) < 4.78 is 13.3. The van der Waals surface area contributed by atoms with Crippen molar-refractivity contribution in [3.63, 3.8) is 0 Å². The van der Waals surface area contributed by atoms with E-state index in [0.29, 0.717) is 18.7 Å². The van der Waals surface area contributed by atoms with Gasteiger partial charge >= 0.3 is 0 Å². The number of benzene rings is 3. The predicted molar refractivity (Wildman–Crippen MR) is 150 cm³/mol. The minimum Gasteiger partial charge on any atom is -0.339 e. The van der Waals surface area contributed by atoms with Crippen LogP contribution in [0.1, 0.15) is 53.9 Å². The van der Waals surface area contributed by atoms with Crippen LogP contribution < -0.4 is 5.32 Å². The van der Waals surface area contributed by atoms with Crippen LogP contribution in [0.4, 0.5) is 10.1 Å². The van der Waals surface area contributed by atoms with E-state index in [1.54, 1.807) is 0 Å². The highest BCUT2D eigenvalue weighted by Gasteiger charge is 2.27. The Kier molecular flexibility index (Phi) is 9.26. The van der Waals surface area contributed by atoms with Crippen molar-refractivity contribution in [2.24, 2.45) is 0 Å². The number of halogens is 1. The molecule has 1 heterocycles. The zero-order valence-corrected chi connectivity index (χ0v) is 22.5. The van der Waals surface area contributed by atoms with E-state index in [2.05, 4.69) is 39.4 Å². The first-order chi connectivity index (χ1) is 18.4. The maximum atomic E-state index is 13.3. The molecular formula is C31H37FN4O2. The molecule has 0 aromatic heterocycles. The van der Waals surface area contributed by atoms with E-state index in [-0.39, 0.29) is 23.7 Å². The molecule has 0 radical (unpaired) electrons. The Bertz CT molecular complexity index is 1200. The Labute approximate surface area is 225 Å². The second-order valence-corrected chi connectivity index (χ2v) is 9.74. The van der Waals surface area contributed by atoms with Gasteiger partial charge in [-0.25, -0.2) is 4.39 Å². The Morgan fingerprint density at radius 3 is 1.92 bits per heavy atom. The van der Waals surface area contributed by atoms with Crippen LogP contribution in [0, 0.1) is 5.82 Å². The Morgan fingerprint density at radius 1 is 0.842 bits per heavy atom. The minimum absolute atomic E-state index is 0.0203. The van der Waals surface area contributed by atoms with Crippen LogP contribution in [-0.4, -0.2) is 65.8 Å². The summed E-state index contributed by atoms with van der Waals surface area (Å²) in [5, 5.41) is 2.84. The number of carbonyl (C=O) groups excluding carboxylic acids is 2. The molecule has 0 aliphatic carbocycles. The van der Waals surface area contributed by atoms with Gasteiger partial charge in [-0.05, 0) is 66.9 Å². The molecule has 200 valence electrons. The minimum atomic E-state index is -0.212. The highest BCUT2D eigenvalue weighted by Crippen LogP contribution is 2.31. The number of piperazine rings is 1. The number of rotatable bonds is 9. The molecule has 1 fully saturated rings. The summed E-state index contributed by atoms with van der Waals surface area (Å²) in [6, 6.07) is 22.7. The van der Waals surface area contributed by atoms with Gasteiger partial charge in [-0.1, -0.05) is 36.4 Å². The molecule has 1 N–H and O–H groups in total. The van der Waals surface area contributed by atoms with Crippen LogP contribution in [0.25, 0.3) is 0 Å². The van der Waals surface area contributed by atoms with Crippen LogP contribution in [0.3, 0.4) is 0 Å². The number of hydrogen-bond acceptors (Lipinski definition) is 4. The number of amides is 2. The van der Waals surface area contributed by atoms with Crippen LogP contribution in [0.5, 0.6) is 0 Å². The lowest BCUT2D eigenvalue weighted by molar-refractivity contribution is -0.114. The molecule has 1 aliphatic rings. The Hall–Kier alpha value is -3.55. The molecule has 38 heavy (non-hydrogen) atoms. The number of nitrogens with zero attached hydrogens (tertiary/aromatic N) is 3. The Morgan fingerprint density at radius 2 is 1.39 bits per heavy atom. The highest BCUT2D eigenvalue weighted by atomic mass is 19.1. The summed E-state index contributed by atoms with van der Waals surface area (Å²) >= 11 is 0. The average Bonchev–Trinajstić information content (AvgIpc) is 2.93. The van der Waals surface area contributed by atoms with Crippen molar-refractivity contribution in [2.45, 2.75) is 33.4 Å². The van der Waals surface area contributed by atoms with Crippen LogP contribution in [-0.2, 0) is 11.3 Å². The van der Waals surface area contributed by atoms with Crippen molar-refractivity contribution in [2.75, 3.05) is 44.6 Å². The van der Waals surface area contributed by atoms with Crippen molar-refractivity contribution in [1.29, 1.82) is 0 Å². The fourth-order valence-electron chi connectivity index (χ4n) is 5.10. The number of hydrogen-bond donors (Lipinski definition) is 1. The molecule has 6 nitrogen and oxygen atoms in total. The largest absolute Gasteiger partial charge is 0.339 e. The SMILES string of the molecule is CCN(CC)C(=O)c1ccc(C(c2ccc(NC(C)=O)cc2)N2CCN(Cc3ccc(F)cc3)CC2)cc1. The highest BCUT2D eigenvalue weighted by molar-refractivity contribution is 5.94. The smallest absolute Gasteiger partial charge is 0.253 e. The molecule has 1 saturated heterocycles. The summed E-state index contributed by atoms with van der Waals surface area (Å²) in [6.07, 6.45) is 0. The maximum absolute atomic E-state index is 13.3. The molecule has 2 amide bonds. The van der Waals surface area contributed by atoms with Gasteiger partial charge in [-0.15, -0.1) is 0 Å². The second kappa shape index (κ2) is 12.8. The quantitative estimate of drug-likeness (QED) is 0.426. The number of carbonyl (C=O) groups is 2. The summed E-state index contributed by atoms with van der Waals surface area (Å²) in [6.45, 7) is 11.2.